The van der Waals surface area contributed by atoms with Crippen LogP contribution < -0.4 is 10.6 Å². The van der Waals surface area contributed by atoms with Gasteiger partial charge in [-0.3, -0.25) is 0 Å². The van der Waals surface area contributed by atoms with Crippen molar-refractivity contribution in [3.8, 4) is 0 Å². The SMILES string of the molecule is CCn1nc(C)c2c1NCC1(CCOCC1)CN2. The summed E-state index contributed by atoms with van der Waals surface area (Å²) in [4.78, 5) is 0. The van der Waals surface area contributed by atoms with Crippen LogP contribution in [-0.2, 0) is 11.3 Å². The van der Waals surface area contributed by atoms with Gasteiger partial charge < -0.3 is 15.4 Å². The van der Waals surface area contributed by atoms with Gasteiger partial charge in [-0.05, 0) is 26.7 Å². The first-order valence-electron chi connectivity index (χ1n) is 6.87. The Morgan fingerprint density at radius 2 is 2.00 bits per heavy atom. The summed E-state index contributed by atoms with van der Waals surface area (Å²) in [7, 11) is 0. The third-order valence-corrected chi connectivity index (χ3v) is 4.25. The molecule has 5 heteroatoms. The fourth-order valence-corrected chi connectivity index (χ4v) is 2.97. The Labute approximate surface area is 108 Å². The molecule has 1 spiro atoms. The smallest absolute Gasteiger partial charge is 0.148 e. The topological polar surface area (TPSA) is 51.1 Å². The van der Waals surface area contributed by atoms with E-state index < -0.39 is 0 Å². The normalized spacial score (nSPS) is 21.9. The first-order valence-corrected chi connectivity index (χ1v) is 6.87. The minimum atomic E-state index is 0.336. The van der Waals surface area contributed by atoms with E-state index in [0.29, 0.717) is 5.41 Å². The number of ether oxygens (including phenoxy) is 1. The van der Waals surface area contributed by atoms with Crippen LogP contribution in [0.3, 0.4) is 0 Å². The summed E-state index contributed by atoms with van der Waals surface area (Å²) in [6, 6.07) is 0. The Morgan fingerprint density at radius 1 is 1.28 bits per heavy atom. The highest BCUT2D eigenvalue weighted by atomic mass is 16.5. The van der Waals surface area contributed by atoms with Crippen molar-refractivity contribution in [1.82, 2.24) is 9.78 Å². The standard InChI is InChI=1S/C13H22N4O/c1-3-17-12-11(10(2)16-17)14-8-13(9-15-12)4-6-18-7-5-13/h14-15H,3-9H2,1-2H3. The van der Waals surface area contributed by atoms with Crippen LogP contribution in [-0.4, -0.2) is 36.1 Å². The third kappa shape index (κ3) is 1.86. The first kappa shape index (κ1) is 11.8. The maximum Gasteiger partial charge on any atom is 0.148 e. The van der Waals surface area contributed by atoms with Gasteiger partial charge in [0, 0.05) is 38.3 Å². The molecule has 1 aromatic heterocycles. The average Bonchev–Trinajstić information content (AvgIpc) is 2.59. The molecule has 100 valence electrons. The van der Waals surface area contributed by atoms with Crippen LogP contribution in [0.5, 0.6) is 0 Å². The van der Waals surface area contributed by atoms with Crippen LogP contribution in [0.4, 0.5) is 11.5 Å². The van der Waals surface area contributed by atoms with Crippen molar-refractivity contribution in [2.45, 2.75) is 33.2 Å². The quantitative estimate of drug-likeness (QED) is 0.798. The molecule has 0 atom stereocenters. The van der Waals surface area contributed by atoms with E-state index in [2.05, 4.69) is 34.3 Å². The third-order valence-electron chi connectivity index (χ3n) is 4.25. The van der Waals surface area contributed by atoms with E-state index in [1.54, 1.807) is 0 Å². The molecule has 0 aromatic carbocycles. The summed E-state index contributed by atoms with van der Waals surface area (Å²) in [5.74, 6) is 1.15. The van der Waals surface area contributed by atoms with E-state index in [4.69, 9.17) is 4.74 Å². The van der Waals surface area contributed by atoms with Crippen LogP contribution >= 0.6 is 0 Å². The number of fused-ring (bicyclic) bond motifs is 1. The van der Waals surface area contributed by atoms with Gasteiger partial charge in [0.2, 0.25) is 0 Å². The maximum atomic E-state index is 5.49. The molecular formula is C13H22N4O. The molecule has 0 saturated carbocycles. The lowest BCUT2D eigenvalue weighted by Gasteiger charge is -2.36. The Bertz CT molecular complexity index is 434. The molecule has 5 nitrogen and oxygen atoms in total. The molecule has 3 rings (SSSR count). The maximum absolute atomic E-state index is 5.49. The zero-order valence-electron chi connectivity index (χ0n) is 11.3. The molecule has 18 heavy (non-hydrogen) atoms. The zero-order valence-corrected chi connectivity index (χ0v) is 11.3. The summed E-state index contributed by atoms with van der Waals surface area (Å²) in [5.41, 5.74) is 2.60. The van der Waals surface area contributed by atoms with Crippen LogP contribution in [0.2, 0.25) is 0 Å². The lowest BCUT2D eigenvalue weighted by Crippen LogP contribution is -2.40. The largest absolute Gasteiger partial charge is 0.381 e. The lowest BCUT2D eigenvalue weighted by atomic mass is 9.80. The van der Waals surface area contributed by atoms with Crippen molar-refractivity contribution in [3.05, 3.63) is 5.69 Å². The molecule has 0 radical (unpaired) electrons. The second kappa shape index (κ2) is 4.46. The minimum Gasteiger partial charge on any atom is -0.381 e. The van der Waals surface area contributed by atoms with Gasteiger partial charge in [-0.15, -0.1) is 0 Å². The Hall–Kier alpha value is -1.23. The van der Waals surface area contributed by atoms with Gasteiger partial charge in [-0.1, -0.05) is 0 Å². The van der Waals surface area contributed by atoms with Gasteiger partial charge in [-0.25, -0.2) is 4.68 Å². The van der Waals surface area contributed by atoms with Gasteiger partial charge in [0.25, 0.3) is 0 Å². The van der Waals surface area contributed by atoms with Crippen LogP contribution in [0.15, 0.2) is 0 Å². The Kier molecular flexibility index (Phi) is 2.93. The molecule has 1 saturated heterocycles. The minimum absolute atomic E-state index is 0.336. The monoisotopic (exact) mass is 250 g/mol. The predicted octanol–water partition coefficient (Wildman–Crippen LogP) is 1.85. The van der Waals surface area contributed by atoms with Crippen molar-refractivity contribution >= 4 is 11.5 Å². The summed E-state index contributed by atoms with van der Waals surface area (Å²) in [6.07, 6.45) is 2.27. The van der Waals surface area contributed by atoms with Gasteiger partial charge in [0.05, 0.1) is 5.69 Å². The number of anilines is 2. The number of nitrogens with zero attached hydrogens (tertiary/aromatic N) is 2. The van der Waals surface area contributed by atoms with Gasteiger partial charge in [-0.2, -0.15) is 5.10 Å². The lowest BCUT2D eigenvalue weighted by molar-refractivity contribution is 0.0276. The molecule has 0 unspecified atom stereocenters. The van der Waals surface area contributed by atoms with Crippen molar-refractivity contribution in [2.24, 2.45) is 5.41 Å². The molecule has 0 amide bonds. The predicted molar refractivity (Wildman–Crippen MR) is 72.1 cm³/mol. The highest BCUT2D eigenvalue weighted by Gasteiger charge is 2.35. The second-order valence-corrected chi connectivity index (χ2v) is 5.44. The zero-order chi connectivity index (χ0) is 12.6. The first-order chi connectivity index (χ1) is 8.74. The molecule has 0 aliphatic carbocycles. The highest BCUT2D eigenvalue weighted by molar-refractivity contribution is 5.69. The number of aryl methyl sites for hydroxylation is 2. The van der Waals surface area contributed by atoms with Gasteiger partial charge in [0.15, 0.2) is 0 Å². The van der Waals surface area contributed by atoms with E-state index >= 15 is 0 Å². The molecule has 3 heterocycles. The van der Waals surface area contributed by atoms with Gasteiger partial charge >= 0.3 is 0 Å². The van der Waals surface area contributed by atoms with E-state index in [-0.39, 0.29) is 0 Å². The van der Waals surface area contributed by atoms with E-state index in [1.165, 1.54) is 5.69 Å². The van der Waals surface area contributed by atoms with Gasteiger partial charge in [0.1, 0.15) is 11.5 Å². The molecular weight excluding hydrogens is 228 g/mol. The molecule has 1 fully saturated rings. The van der Waals surface area contributed by atoms with Crippen molar-refractivity contribution in [2.75, 3.05) is 36.9 Å². The number of hydrogen-bond donors (Lipinski definition) is 2. The molecule has 1 aromatic rings. The second-order valence-electron chi connectivity index (χ2n) is 5.44. The average molecular weight is 250 g/mol. The summed E-state index contributed by atoms with van der Waals surface area (Å²) in [5, 5.41) is 11.8. The number of nitrogens with one attached hydrogen (secondary N) is 2. The highest BCUT2D eigenvalue weighted by Crippen LogP contribution is 2.37. The fourth-order valence-electron chi connectivity index (χ4n) is 2.97. The van der Waals surface area contributed by atoms with E-state index in [1.807, 2.05) is 0 Å². The van der Waals surface area contributed by atoms with E-state index in [9.17, 15) is 0 Å². The fraction of sp³-hybridized carbons (Fsp3) is 0.769. The summed E-state index contributed by atoms with van der Waals surface area (Å²) >= 11 is 0. The van der Waals surface area contributed by atoms with E-state index in [0.717, 1.165) is 57.2 Å². The van der Waals surface area contributed by atoms with Crippen molar-refractivity contribution in [1.29, 1.82) is 0 Å². The summed E-state index contributed by atoms with van der Waals surface area (Å²) < 4.78 is 7.54. The number of rotatable bonds is 1. The van der Waals surface area contributed by atoms with Crippen LogP contribution in [0.1, 0.15) is 25.5 Å². The van der Waals surface area contributed by atoms with Crippen molar-refractivity contribution in [3.63, 3.8) is 0 Å². The molecule has 2 aliphatic heterocycles. The Balaban J connectivity index is 1.85. The molecule has 2 N–H and O–H groups in total. The molecule has 2 aliphatic rings. The number of aromatic nitrogens is 2. The Morgan fingerprint density at radius 3 is 2.72 bits per heavy atom. The number of hydrogen-bond acceptors (Lipinski definition) is 4. The van der Waals surface area contributed by atoms with Crippen molar-refractivity contribution < 1.29 is 4.74 Å². The molecule has 0 bridgehead atoms. The van der Waals surface area contributed by atoms with Crippen LogP contribution in [0, 0.1) is 12.3 Å². The van der Waals surface area contributed by atoms with Crippen LogP contribution in [0.25, 0.3) is 0 Å². The summed E-state index contributed by atoms with van der Waals surface area (Å²) in [6.45, 7) is 8.91.